The molecule has 0 saturated heterocycles. The smallest absolute Gasteiger partial charge is 0.405 e. The second-order valence-corrected chi connectivity index (χ2v) is 4.75. The molecule has 0 radical (unpaired) electrons. The lowest BCUT2D eigenvalue weighted by Gasteiger charge is -2.26. The summed E-state index contributed by atoms with van der Waals surface area (Å²) in [6, 6.07) is 6.30. The van der Waals surface area contributed by atoms with Crippen LogP contribution in [0.4, 0.5) is 18.0 Å². The lowest BCUT2D eigenvalue weighted by molar-refractivity contribution is -0.123. The molecule has 1 unspecified atom stereocenters. The Bertz CT molecular complexity index is 478. The Hall–Kier alpha value is -1.92. The first-order valence-electron chi connectivity index (χ1n) is 6.44. The van der Waals surface area contributed by atoms with Gasteiger partial charge in [0.25, 0.3) is 0 Å². The Morgan fingerprint density at radius 1 is 1.38 bits per heavy atom. The third-order valence-electron chi connectivity index (χ3n) is 3.13. The SMILES string of the molecule is COc1ccccc1CC(C)N(C)C(=O)NCC(F)(F)F. The summed E-state index contributed by atoms with van der Waals surface area (Å²) in [6.07, 6.45) is -3.93. The predicted octanol–water partition coefficient (Wildman–Crippen LogP) is 2.83. The molecule has 0 saturated carbocycles. The van der Waals surface area contributed by atoms with Crippen LogP contribution in [0.15, 0.2) is 24.3 Å². The van der Waals surface area contributed by atoms with E-state index in [2.05, 4.69) is 0 Å². The van der Waals surface area contributed by atoms with E-state index in [0.717, 1.165) is 5.56 Å². The number of nitrogens with one attached hydrogen (secondary N) is 1. The molecule has 118 valence electrons. The Morgan fingerprint density at radius 2 is 2.00 bits per heavy atom. The van der Waals surface area contributed by atoms with Gasteiger partial charge in [0.2, 0.25) is 0 Å². The fourth-order valence-corrected chi connectivity index (χ4v) is 1.83. The van der Waals surface area contributed by atoms with Gasteiger partial charge in [0.05, 0.1) is 7.11 Å². The third-order valence-corrected chi connectivity index (χ3v) is 3.13. The molecule has 0 aliphatic heterocycles. The van der Waals surface area contributed by atoms with Gasteiger partial charge < -0.3 is 15.0 Å². The number of hydrogen-bond donors (Lipinski definition) is 1. The topological polar surface area (TPSA) is 41.6 Å². The molecule has 2 amide bonds. The first-order chi connectivity index (χ1) is 9.74. The van der Waals surface area contributed by atoms with Gasteiger partial charge in [-0.3, -0.25) is 0 Å². The van der Waals surface area contributed by atoms with E-state index in [0.29, 0.717) is 12.2 Å². The molecular formula is C14H19F3N2O2. The van der Waals surface area contributed by atoms with Crippen LogP contribution < -0.4 is 10.1 Å². The van der Waals surface area contributed by atoms with E-state index in [1.165, 1.54) is 11.9 Å². The third kappa shape index (κ3) is 5.53. The van der Waals surface area contributed by atoms with Crippen LogP contribution in [0.25, 0.3) is 0 Å². The first-order valence-corrected chi connectivity index (χ1v) is 6.44. The number of halogens is 3. The number of carbonyl (C=O) groups excluding carboxylic acids is 1. The molecule has 1 aromatic rings. The fraction of sp³-hybridized carbons (Fsp3) is 0.500. The zero-order valence-corrected chi connectivity index (χ0v) is 12.2. The molecule has 1 aromatic carbocycles. The Morgan fingerprint density at radius 3 is 2.57 bits per heavy atom. The predicted molar refractivity (Wildman–Crippen MR) is 73.4 cm³/mol. The quantitative estimate of drug-likeness (QED) is 0.909. The molecule has 0 spiro atoms. The second-order valence-electron chi connectivity index (χ2n) is 4.75. The number of carbonyl (C=O) groups is 1. The standard InChI is InChI=1S/C14H19F3N2O2/c1-10(8-11-6-4-5-7-12(11)21-3)19(2)13(20)18-9-14(15,16)17/h4-7,10H,8-9H2,1-3H3,(H,18,20). The van der Waals surface area contributed by atoms with Crippen LogP contribution in [0.2, 0.25) is 0 Å². The van der Waals surface area contributed by atoms with Gasteiger partial charge >= 0.3 is 12.2 Å². The summed E-state index contributed by atoms with van der Waals surface area (Å²) in [6.45, 7) is 0.428. The summed E-state index contributed by atoms with van der Waals surface area (Å²) in [4.78, 5) is 12.9. The van der Waals surface area contributed by atoms with Crippen molar-refractivity contribution >= 4 is 6.03 Å². The molecule has 7 heteroatoms. The number of urea groups is 1. The zero-order chi connectivity index (χ0) is 16.0. The minimum Gasteiger partial charge on any atom is -0.496 e. The maximum atomic E-state index is 12.1. The number of amides is 2. The Kier molecular flexibility index (Phi) is 5.87. The van der Waals surface area contributed by atoms with Gasteiger partial charge in [-0.25, -0.2) is 4.79 Å². The van der Waals surface area contributed by atoms with E-state index < -0.39 is 18.8 Å². The molecule has 0 aromatic heterocycles. The number of hydrogen-bond acceptors (Lipinski definition) is 2. The van der Waals surface area contributed by atoms with E-state index in [1.54, 1.807) is 20.1 Å². The van der Waals surface area contributed by atoms with Crippen LogP contribution in [0.5, 0.6) is 5.75 Å². The molecule has 0 aliphatic carbocycles. The highest BCUT2D eigenvalue weighted by atomic mass is 19.4. The van der Waals surface area contributed by atoms with E-state index >= 15 is 0 Å². The zero-order valence-electron chi connectivity index (χ0n) is 12.2. The molecule has 1 N–H and O–H groups in total. The maximum Gasteiger partial charge on any atom is 0.405 e. The van der Waals surface area contributed by atoms with Crippen molar-refractivity contribution < 1.29 is 22.7 Å². The molecule has 0 fully saturated rings. The second kappa shape index (κ2) is 7.19. The van der Waals surface area contributed by atoms with Gasteiger partial charge in [0, 0.05) is 13.1 Å². The van der Waals surface area contributed by atoms with Crippen molar-refractivity contribution in [1.82, 2.24) is 10.2 Å². The number of nitrogens with zero attached hydrogens (tertiary/aromatic N) is 1. The molecule has 0 bridgehead atoms. The van der Waals surface area contributed by atoms with Gasteiger partial charge in [-0.15, -0.1) is 0 Å². The monoisotopic (exact) mass is 304 g/mol. The largest absolute Gasteiger partial charge is 0.496 e. The number of likely N-dealkylation sites (N-methyl/N-ethyl adjacent to an activating group) is 1. The maximum absolute atomic E-state index is 12.1. The van der Waals surface area contributed by atoms with E-state index in [1.807, 2.05) is 23.5 Å². The summed E-state index contributed by atoms with van der Waals surface area (Å²) in [5, 5.41) is 1.85. The van der Waals surface area contributed by atoms with Crippen molar-refractivity contribution in [3.8, 4) is 5.75 Å². The molecule has 1 rings (SSSR count). The average molecular weight is 304 g/mol. The molecule has 4 nitrogen and oxygen atoms in total. The lowest BCUT2D eigenvalue weighted by atomic mass is 10.1. The highest BCUT2D eigenvalue weighted by Gasteiger charge is 2.29. The van der Waals surface area contributed by atoms with Gasteiger partial charge in [-0.05, 0) is 25.0 Å². The van der Waals surface area contributed by atoms with Crippen LogP contribution in [0, 0.1) is 0 Å². The Balaban J connectivity index is 2.61. The van der Waals surface area contributed by atoms with Crippen LogP contribution in [0.3, 0.4) is 0 Å². The normalized spacial score (nSPS) is 12.7. The van der Waals surface area contributed by atoms with E-state index in [-0.39, 0.29) is 6.04 Å². The molecular weight excluding hydrogens is 285 g/mol. The molecule has 0 aliphatic rings. The van der Waals surface area contributed by atoms with Crippen LogP contribution in [0.1, 0.15) is 12.5 Å². The summed E-state index contributed by atoms with van der Waals surface area (Å²) in [5.74, 6) is 0.688. The Labute approximate surface area is 121 Å². The van der Waals surface area contributed by atoms with Crippen molar-refractivity contribution in [2.45, 2.75) is 25.6 Å². The van der Waals surface area contributed by atoms with Crippen molar-refractivity contribution in [3.05, 3.63) is 29.8 Å². The summed E-state index contributed by atoms with van der Waals surface area (Å²) in [7, 11) is 3.01. The van der Waals surface area contributed by atoms with E-state index in [4.69, 9.17) is 4.74 Å². The average Bonchev–Trinajstić information content (AvgIpc) is 2.43. The van der Waals surface area contributed by atoms with E-state index in [9.17, 15) is 18.0 Å². The summed E-state index contributed by atoms with van der Waals surface area (Å²) in [5.41, 5.74) is 0.892. The van der Waals surface area contributed by atoms with Crippen LogP contribution in [-0.4, -0.2) is 43.9 Å². The first kappa shape index (κ1) is 17.1. The number of alkyl halides is 3. The van der Waals surface area contributed by atoms with Crippen molar-refractivity contribution in [3.63, 3.8) is 0 Å². The van der Waals surface area contributed by atoms with Crippen molar-refractivity contribution in [2.75, 3.05) is 20.7 Å². The summed E-state index contributed by atoms with van der Waals surface area (Å²) < 4.78 is 41.4. The molecule has 21 heavy (non-hydrogen) atoms. The minimum absolute atomic E-state index is 0.269. The van der Waals surface area contributed by atoms with Gasteiger partial charge in [-0.2, -0.15) is 13.2 Å². The highest BCUT2D eigenvalue weighted by Crippen LogP contribution is 2.20. The van der Waals surface area contributed by atoms with Gasteiger partial charge in [0.15, 0.2) is 0 Å². The highest BCUT2D eigenvalue weighted by molar-refractivity contribution is 5.74. The van der Waals surface area contributed by atoms with Crippen molar-refractivity contribution in [2.24, 2.45) is 0 Å². The van der Waals surface area contributed by atoms with Gasteiger partial charge in [-0.1, -0.05) is 18.2 Å². The number of rotatable bonds is 5. The van der Waals surface area contributed by atoms with Crippen LogP contribution >= 0.6 is 0 Å². The molecule has 0 heterocycles. The number of benzene rings is 1. The molecule has 1 atom stereocenters. The number of para-hydroxylation sites is 1. The minimum atomic E-state index is -4.41. The van der Waals surface area contributed by atoms with Crippen LogP contribution in [-0.2, 0) is 6.42 Å². The fourth-order valence-electron chi connectivity index (χ4n) is 1.83. The lowest BCUT2D eigenvalue weighted by Crippen LogP contribution is -2.46. The number of ether oxygens (including phenoxy) is 1. The number of methoxy groups -OCH3 is 1. The van der Waals surface area contributed by atoms with Crippen molar-refractivity contribution in [1.29, 1.82) is 0 Å². The van der Waals surface area contributed by atoms with Gasteiger partial charge in [0.1, 0.15) is 12.3 Å². The summed E-state index contributed by atoms with van der Waals surface area (Å²) >= 11 is 0.